The highest BCUT2D eigenvalue weighted by molar-refractivity contribution is 5.92. The predicted molar refractivity (Wildman–Crippen MR) is 341 cm³/mol. The zero-order valence-electron chi connectivity index (χ0n) is 55.0. The highest BCUT2D eigenvalue weighted by Crippen LogP contribution is 2.42. The van der Waals surface area contributed by atoms with Gasteiger partial charge >= 0.3 is 11.8 Å². The summed E-state index contributed by atoms with van der Waals surface area (Å²) in [6, 6.07) is 9.12. The highest BCUT2D eigenvalue weighted by atomic mass is 19.3. The Hall–Kier alpha value is -7.35. The van der Waals surface area contributed by atoms with Gasteiger partial charge in [-0.3, -0.25) is 19.2 Å². The van der Waals surface area contributed by atoms with Crippen LogP contribution in [0.25, 0.3) is 0 Å². The van der Waals surface area contributed by atoms with Gasteiger partial charge in [0.05, 0.1) is 55.1 Å². The molecule has 99 heavy (non-hydrogen) atoms. The molecule has 554 valence electrons. The topological polar surface area (TPSA) is 432 Å². The molecule has 3 aliphatic heterocycles. The fraction of sp³-hybridized carbons (Fsp3) is 0.561. The van der Waals surface area contributed by atoms with Gasteiger partial charge in [-0.2, -0.15) is 0 Å². The summed E-state index contributed by atoms with van der Waals surface area (Å²) >= 11 is 0. The van der Waals surface area contributed by atoms with Gasteiger partial charge in [-0.05, 0) is 114 Å². The molecule has 3 aromatic rings. The van der Waals surface area contributed by atoms with Gasteiger partial charge in [0, 0.05) is 49.2 Å². The van der Waals surface area contributed by atoms with E-state index < -0.39 is 183 Å². The fourth-order valence-electron chi connectivity index (χ4n) is 10.2. The van der Waals surface area contributed by atoms with Crippen molar-refractivity contribution in [3.63, 3.8) is 0 Å². The van der Waals surface area contributed by atoms with Crippen molar-refractivity contribution in [1.82, 2.24) is 5.32 Å². The van der Waals surface area contributed by atoms with Crippen molar-refractivity contribution in [2.45, 2.75) is 210 Å². The molecule has 6 rings (SSSR count). The Morgan fingerprint density at radius 2 is 0.949 bits per heavy atom. The van der Waals surface area contributed by atoms with E-state index in [-0.39, 0.29) is 59.6 Å². The number of carboxylic acids is 1. The van der Waals surface area contributed by atoms with Crippen LogP contribution in [-0.4, -0.2) is 202 Å². The van der Waals surface area contributed by atoms with E-state index in [2.05, 4.69) is 41.0 Å². The molecule has 0 aromatic heterocycles. The first kappa shape index (κ1) is 84.1. The second-order valence-corrected chi connectivity index (χ2v) is 24.2. The summed E-state index contributed by atoms with van der Waals surface area (Å²) in [4.78, 5) is 59.8. The fourth-order valence-corrected chi connectivity index (χ4v) is 10.2. The normalized spacial score (nSPS) is 25.7. The molecule has 0 spiro atoms. The number of benzene rings is 3. The van der Waals surface area contributed by atoms with E-state index in [0.29, 0.717) is 38.5 Å². The zero-order valence-corrected chi connectivity index (χ0v) is 55.0. The Kier molecular flexibility index (Phi) is 33.6. The SMILES string of the molecule is C=C(C)CCCC(=O)Nc1ccc(O[C@@H]2OC(CO)[C@@H](O)[C@H](O)C2NC(C)=O)c(C(F)F)c1.C=C(C)CCCC(=O)Nc1ccc(O[C@@H]2OC(CO)[C@H](O)[C@H](O)C2O)c(C(F)F)c1.C=C(C)CCCC(=O)Nc1ccc(O[C@]2(C(=O)O)CC(O)[C@@H](C)C([C@H](O)[C@H](O)CO)O2)c(C(F)F)c1. The Bertz CT molecular complexity index is 3190. The average molecular weight is 1420 g/mol. The molecule has 6 unspecified atom stereocenters. The minimum Gasteiger partial charge on any atom is -0.476 e. The highest BCUT2D eigenvalue weighted by Gasteiger charge is 2.56. The van der Waals surface area contributed by atoms with E-state index >= 15 is 0 Å². The van der Waals surface area contributed by atoms with E-state index in [4.69, 9.17) is 33.5 Å². The summed E-state index contributed by atoms with van der Waals surface area (Å²) in [5.41, 5.74) is 1.26. The molecule has 16 N–H and O–H groups in total. The van der Waals surface area contributed by atoms with Gasteiger partial charge in [-0.1, -0.05) is 23.6 Å². The smallest absolute Gasteiger partial charge is 0.377 e. The van der Waals surface area contributed by atoms with Gasteiger partial charge < -0.3 is 111 Å². The predicted octanol–water partition coefficient (Wildman–Crippen LogP) is 5.09. The molecule has 0 radical (unpaired) electrons. The number of rotatable bonds is 31. The van der Waals surface area contributed by atoms with Gasteiger partial charge in [-0.15, -0.1) is 19.7 Å². The molecule has 33 heteroatoms. The number of carboxylic acid groups (broad SMARTS) is 1. The first-order chi connectivity index (χ1) is 46.5. The number of ether oxygens (including phenoxy) is 6. The number of allylic oxidation sites excluding steroid dienone is 3. The third kappa shape index (κ3) is 25.0. The standard InChI is InChI=1S/C24H33F2NO9.C22H30F2N2O7.C20H27F2NO7/c1-12(2)5-4-6-19(31)27-14-7-8-18(15(9-14)22(25)26)35-24(23(33)34)10-16(29)13(3)21(36-24)20(32)17(30)11-28;1-11(2)5-4-6-17(29)26-13-7-8-15(14(9-13)21(23)24)32-22-18(25-12(3)28)20(31)19(30)16(10-27)33-22;1-10(2)4-3-5-15(25)23-11-6-7-13(12(8-11)19(21)22)29-20-18(28)17(27)16(26)14(9-24)30-20/h7-9,13,16-17,20-22,28-30,32H,1,4-6,10-11H2,2-3H3,(H,27,31)(H,33,34);7-9,16,18-22,27,30-31H,1,4-6,10H2,2-3H3,(H,25,28)(H,26,29);6-8,14,16-20,24,26-28H,1,3-5,9H2,2H3,(H,23,25)/t13-,16?,17-,20-,21?,24-;16?,18?,19-,20-,22-;14?,16-,17-,18?,20+/m110/s1. The molecule has 3 saturated heterocycles. The van der Waals surface area contributed by atoms with E-state index in [1.807, 2.05) is 20.8 Å². The summed E-state index contributed by atoms with van der Waals surface area (Å²) in [5.74, 6) is -8.24. The number of alkyl halides is 6. The van der Waals surface area contributed by atoms with Gasteiger partial charge in [-0.25, -0.2) is 31.1 Å². The molecule has 4 amide bonds. The lowest BCUT2D eigenvalue weighted by Crippen LogP contribution is -2.65. The molecule has 3 fully saturated rings. The minimum atomic E-state index is -3.13. The van der Waals surface area contributed by atoms with E-state index in [1.54, 1.807) is 0 Å². The number of carbonyl (C=O) groups is 5. The van der Waals surface area contributed by atoms with Gasteiger partial charge in [0.15, 0.2) is 0 Å². The number of hydrogen-bond acceptors (Lipinski definition) is 22. The van der Waals surface area contributed by atoms with Gasteiger partial charge in [0.1, 0.15) is 78.2 Å². The van der Waals surface area contributed by atoms with Crippen molar-refractivity contribution in [3.8, 4) is 17.2 Å². The molecule has 27 nitrogen and oxygen atoms in total. The average Bonchev–Trinajstić information content (AvgIpc) is 0.767. The largest absolute Gasteiger partial charge is 0.476 e. The van der Waals surface area contributed by atoms with E-state index in [9.17, 15) is 106 Å². The van der Waals surface area contributed by atoms with E-state index in [1.165, 1.54) is 37.3 Å². The van der Waals surface area contributed by atoms with Crippen LogP contribution in [0.2, 0.25) is 0 Å². The quantitative estimate of drug-likeness (QED) is 0.0295. The zero-order chi connectivity index (χ0) is 74.3. The number of nitrogens with one attached hydrogen (secondary N) is 4. The van der Waals surface area contributed by atoms with Crippen molar-refractivity contribution >= 4 is 46.7 Å². The van der Waals surface area contributed by atoms with Crippen molar-refractivity contribution in [3.05, 3.63) is 108 Å². The maximum atomic E-state index is 13.9. The molecule has 0 bridgehead atoms. The molecule has 3 aromatic carbocycles. The van der Waals surface area contributed by atoms with Crippen LogP contribution in [-0.2, 0) is 38.2 Å². The maximum absolute atomic E-state index is 13.9. The van der Waals surface area contributed by atoms with Gasteiger partial charge in [0.25, 0.3) is 19.3 Å². The number of carbonyl (C=O) groups excluding carboxylic acids is 4. The molecule has 0 aliphatic carbocycles. The Morgan fingerprint density at radius 3 is 1.32 bits per heavy atom. The third-order valence-corrected chi connectivity index (χ3v) is 15.6. The Labute approximate surface area is 566 Å². The van der Waals surface area contributed by atoms with Crippen LogP contribution in [0.1, 0.15) is 135 Å². The maximum Gasteiger partial charge on any atom is 0.377 e. The summed E-state index contributed by atoms with van der Waals surface area (Å²) in [7, 11) is 0. The van der Waals surface area contributed by atoms with Crippen LogP contribution in [0.5, 0.6) is 17.2 Å². The molecular weight excluding hydrogens is 1330 g/mol. The summed E-state index contributed by atoms with van der Waals surface area (Å²) in [6.45, 7) is 17.1. The number of halogens is 6. The third-order valence-electron chi connectivity index (χ3n) is 15.6. The Morgan fingerprint density at radius 1 is 0.566 bits per heavy atom. The molecule has 3 heterocycles. The van der Waals surface area contributed by atoms with E-state index in [0.717, 1.165) is 47.9 Å². The second-order valence-electron chi connectivity index (χ2n) is 24.2. The second kappa shape index (κ2) is 39.6. The molecule has 0 saturated carbocycles. The summed E-state index contributed by atoms with van der Waals surface area (Å²) < 4.78 is 115. The van der Waals surface area contributed by atoms with Crippen LogP contribution in [0.3, 0.4) is 0 Å². The van der Waals surface area contributed by atoms with Crippen LogP contribution < -0.4 is 35.5 Å². The lowest BCUT2D eigenvalue weighted by Gasteiger charge is -2.45. The number of anilines is 3. The summed E-state index contributed by atoms with van der Waals surface area (Å²) in [5, 5.41) is 128. The Balaban J connectivity index is 0.000000317. The molecule has 3 aliphatic rings. The van der Waals surface area contributed by atoms with Crippen LogP contribution in [0, 0.1) is 5.92 Å². The number of amides is 4. The number of aliphatic carboxylic acids is 1. The lowest BCUT2D eigenvalue weighted by atomic mass is 9.84. The minimum absolute atomic E-state index is 0.0416. The van der Waals surface area contributed by atoms with Crippen molar-refractivity contribution in [2.75, 3.05) is 35.8 Å². The van der Waals surface area contributed by atoms with Gasteiger partial charge in [0.2, 0.25) is 36.2 Å². The van der Waals surface area contributed by atoms with Crippen molar-refractivity contribution in [1.29, 1.82) is 0 Å². The number of aliphatic hydroxyl groups excluding tert-OH is 11. The van der Waals surface area contributed by atoms with Crippen LogP contribution in [0.4, 0.5) is 43.4 Å². The molecule has 16 atom stereocenters. The first-order valence-electron chi connectivity index (χ1n) is 31.4. The first-order valence-corrected chi connectivity index (χ1v) is 31.4. The number of aliphatic hydroxyl groups is 11. The van der Waals surface area contributed by atoms with Crippen molar-refractivity contribution in [2.24, 2.45) is 5.92 Å². The molecular formula is C66H90F6N4O23. The number of hydrogen-bond donors (Lipinski definition) is 16. The van der Waals surface area contributed by atoms with Crippen LogP contribution >= 0.6 is 0 Å². The lowest BCUT2D eigenvalue weighted by molar-refractivity contribution is -0.292. The monoisotopic (exact) mass is 1420 g/mol. The van der Waals surface area contributed by atoms with Crippen molar-refractivity contribution < 1.29 is 140 Å². The summed E-state index contributed by atoms with van der Waals surface area (Å²) in [6.07, 6.45) is -25.7. The van der Waals surface area contributed by atoms with Crippen LogP contribution in [0.15, 0.2) is 91.1 Å².